The highest BCUT2D eigenvalue weighted by atomic mass is 16.5. The monoisotopic (exact) mass is 429 g/mol. The van der Waals surface area contributed by atoms with E-state index in [4.69, 9.17) is 9.47 Å². The van der Waals surface area contributed by atoms with Crippen molar-refractivity contribution in [2.75, 3.05) is 33.4 Å². The van der Waals surface area contributed by atoms with Crippen LogP contribution in [0.1, 0.15) is 63.0 Å². The first-order valence-corrected chi connectivity index (χ1v) is 11.8. The largest absolute Gasteiger partial charge is 0.382 e. The third-order valence-corrected chi connectivity index (χ3v) is 7.12. The van der Waals surface area contributed by atoms with E-state index in [0.29, 0.717) is 31.5 Å². The van der Waals surface area contributed by atoms with Crippen molar-refractivity contribution in [3.8, 4) is 0 Å². The number of likely N-dealkylation sites (tertiary alicyclic amines) is 2. The molecule has 2 atom stereocenters. The minimum absolute atomic E-state index is 0.0462. The van der Waals surface area contributed by atoms with Gasteiger partial charge in [0.15, 0.2) is 6.10 Å². The Kier molecular flexibility index (Phi) is 7.56. The average Bonchev–Trinajstić information content (AvgIpc) is 2.81. The zero-order valence-electron chi connectivity index (χ0n) is 18.6. The van der Waals surface area contributed by atoms with Crippen LogP contribution in [0.15, 0.2) is 24.5 Å². The normalized spacial score (nSPS) is 25.5. The van der Waals surface area contributed by atoms with Crippen molar-refractivity contribution in [2.45, 2.75) is 69.6 Å². The van der Waals surface area contributed by atoms with Gasteiger partial charge in [0.1, 0.15) is 0 Å². The summed E-state index contributed by atoms with van der Waals surface area (Å²) in [5.74, 6) is 0.911. The van der Waals surface area contributed by atoms with Gasteiger partial charge in [0, 0.05) is 45.1 Å². The van der Waals surface area contributed by atoms with Gasteiger partial charge in [-0.3, -0.25) is 14.6 Å². The molecule has 3 fully saturated rings. The Morgan fingerprint density at radius 2 is 1.77 bits per heavy atom. The topological polar surface area (TPSA) is 72.0 Å². The molecule has 31 heavy (non-hydrogen) atoms. The summed E-state index contributed by atoms with van der Waals surface area (Å²) in [6.07, 6.45) is 11.6. The van der Waals surface area contributed by atoms with Crippen LogP contribution in [-0.2, 0) is 19.1 Å². The van der Waals surface area contributed by atoms with E-state index in [1.165, 1.54) is 32.1 Å². The molecule has 7 nitrogen and oxygen atoms in total. The summed E-state index contributed by atoms with van der Waals surface area (Å²) in [6, 6.07) is 3.97. The zero-order chi connectivity index (χ0) is 21.6. The number of amides is 2. The van der Waals surface area contributed by atoms with E-state index in [2.05, 4.69) is 4.98 Å². The predicted molar refractivity (Wildman–Crippen MR) is 116 cm³/mol. The minimum Gasteiger partial charge on any atom is -0.382 e. The van der Waals surface area contributed by atoms with E-state index < -0.39 is 6.10 Å². The van der Waals surface area contributed by atoms with Gasteiger partial charge in [-0.15, -0.1) is 0 Å². The summed E-state index contributed by atoms with van der Waals surface area (Å²) in [7, 11) is 1.63. The molecule has 170 valence electrons. The Morgan fingerprint density at radius 3 is 2.45 bits per heavy atom. The number of ether oxygens (including phenoxy) is 2. The second-order valence-electron chi connectivity index (χ2n) is 9.08. The lowest BCUT2D eigenvalue weighted by atomic mass is 9.85. The van der Waals surface area contributed by atoms with Gasteiger partial charge in [-0.1, -0.05) is 19.3 Å². The predicted octanol–water partition coefficient (Wildman–Crippen LogP) is 2.96. The third-order valence-electron chi connectivity index (χ3n) is 7.12. The second-order valence-corrected chi connectivity index (χ2v) is 9.08. The molecule has 1 aromatic heterocycles. The van der Waals surface area contributed by atoms with Gasteiger partial charge in [-0.25, -0.2) is 0 Å². The lowest BCUT2D eigenvalue weighted by Crippen LogP contribution is -2.65. The molecule has 1 saturated carbocycles. The van der Waals surface area contributed by atoms with Crippen LogP contribution in [0.2, 0.25) is 0 Å². The number of carbonyl (C=O) groups is 2. The second kappa shape index (κ2) is 10.6. The molecular formula is C24H35N3O4. The number of carbonyl (C=O) groups excluding carboxylic acids is 2. The molecule has 2 saturated heterocycles. The fourth-order valence-corrected chi connectivity index (χ4v) is 5.37. The van der Waals surface area contributed by atoms with E-state index in [1.807, 2.05) is 21.9 Å². The molecule has 0 aromatic carbocycles. The maximum atomic E-state index is 13.0. The minimum atomic E-state index is -0.469. The summed E-state index contributed by atoms with van der Waals surface area (Å²) in [5, 5.41) is 0. The first-order valence-electron chi connectivity index (χ1n) is 11.8. The molecule has 1 aromatic rings. The molecular weight excluding hydrogens is 394 g/mol. The number of β-lactam (4-membered cyclic amide) rings is 1. The van der Waals surface area contributed by atoms with Crippen molar-refractivity contribution in [2.24, 2.45) is 5.92 Å². The average molecular weight is 430 g/mol. The van der Waals surface area contributed by atoms with Crippen molar-refractivity contribution in [1.82, 2.24) is 14.8 Å². The van der Waals surface area contributed by atoms with E-state index in [0.717, 1.165) is 31.5 Å². The van der Waals surface area contributed by atoms with Crippen LogP contribution < -0.4 is 0 Å². The molecule has 0 bridgehead atoms. The Labute approximate surface area is 185 Å². The van der Waals surface area contributed by atoms with Crippen LogP contribution in [0.5, 0.6) is 0 Å². The molecule has 0 radical (unpaired) electrons. The van der Waals surface area contributed by atoms with Gasteiger partial charge in [0.25, 0.3) is 5.91 Å². The molecule has 3 aliphatic rings. The maximum absolute atomic E-state index is 13.0. The summed E-state index contributed by atoms with van der Waals surface area (Å²) >= 11 is 0. The Balaban J connectivity index is 1.35. The number of rotatable bonds is 8. The summed E-state index contributed by atoms with van der Waals surface area (Å²) in [4.78, 5) is 33.9. The van der Waals surface area contributed by atoms with Crippen molar-refractivity contribution < 1.29 is 19.1 Å². The fourth-order valence-electron chi connectivity index (χ4n) is 5.37. The van der Waals surface area contributed by atoms with Crippen LogP contribution >= 0.6 is 0 Å². The maximum Gasteiger partial charge on any atom is 0.255 e. The first kappa shape index (κ1) is 22.2. The Bertz CT molecular complexity index is 730. The summed E-state index contributed by atoms with van der Waals surface area (Å²) in [5.41, 5.74) is 1.05. The van der Waals surface area contributed by atoms with Crippen LogP contribution in [-0.4, -0.2) is 72.2 Å². The molecule has 4 rings (SSSR count). The van der Waals surface area contributed by atoms with Crippen molar-refractivity contribution >= 4 is 11.8 Å². The van der Waals surface area contributed by atoms with Gasteiger partial charge in [-0.05, 0) is 49.3 Å². The molecule has 1 aliphatic carbocycles. The van der Waals surface area contributed by atoms with Crippen molar-refractivity contribution in [3.63, 3.8) is 0 Å². The molecule has 2 aliphatic heterocycles. The van der Waals surface area contributed by atoms with Gasteiger partial charge in [0.2, 0.25) is 5.91 Å². The van der Waals surface area contributed by atoms with E-state index in [-0.39, 0.29) is 18.0 Å². The highest BCUT2D eigenvalue weighted by Gasteiger charge is 2.52. The zero-order valence-corrected chi connectivity index (χ0v) is 18.6. The Hall–Kier alpha value is -1.99. The van der Waals surface area contributed by atoms with Crippen LogP contribution in [0.3, 0.4) is 0 Å². The molecule has 2 amide bonds. The lowest BCUT2D eigenvalue weighted by Gasteiger charge is -2.52. The number of aromatic nitrogens is 1. The Morgan fingerprint density at radius 1 is 1.06 bits per heavy atom. The third kappa shape index (κ3) is 5.09. The summed E-state index contributed by atoms with van der Waals surface area (Å²) in [6.45, 7) is 2.33. The number of pyridine rings is 1. The van der Waals surface area contributed by atoms with Crippen LogP contribution in [0.25, 0.3) is 0 Å². The van der Waals surface area contributed by atoms with Gasteiger partial charge in [0.05, 0.1) is 19.3 Å². The van der Waals surface area contributed by atoms with Gasteiger partial charge in [-0.2, -0.15) is 0 Å². The molecule has 7 heteroatoms. The molecule has 0 spiro atoms. The number of hydrogen-bond donors (Lipinski definition) is 0. The van der Waals surface area contributed by atoms with Gasteiger partial charge >= 0.3 is 0 Å². The summed E-state index contributed by atoms with van der Waals surface area (Å²) < 4.78 is 10.9. The highest BCUT2D eigenvalue weighted by Crippen LogP contribution is 2.41. The number of nitrogens with zero attached hydrogens (tertiary/aromatic N) is 3. The standard InChI is InChI=1S/C24H35N3O4/c1-30-15-16-31-23-22(19-7-11-25-12-8-19)27(24(23)29)20-9-13-26(14-10-20)21(28)17-18-5-3-2-4-6-18/h7-8,11-12,18,20,22-23H,2-6,9-10,13-17H2,1H3/t22-,23+/m0/s1. The van der Waals surface area contributed by atoms with E-state index in [1.54, 1.807) is 19.5 Å². The van der Waals surface area contributed by atoms with Crippen LogP contribution in [0.4, 0.5) is 0 Å². The van der Waals surface area contributed by atoms with Gasteiger partial charge < -0.3 is 19.3 Å². The van der Waals surface area contributed by atoms with E-state index >= 15 is 0 Å². The van der Waals surface area contributed by atoms with Crippen molar-refractivity contribution in [3.05, 3.63) is 30.1 Å². The van der Waals surface area contributed by atoms with Crippen molar-refractivity contribution in [1.29, 1.82) is 0 Å². The molecule has 0 unspecified atom stereocenters. The van der Waals surface area contributed by atoms with Crippen LogP contribution in [0, 0.1) is 5.92 Å². The number of piperidine rings is 1. The number of hydrogen-bond acceptors (Lipinski definition) is 5. The first-order chi connectivity index (χ1) is 15.2. The fraction of sp³-hybridized carbons (Fsp3) is 0.708. The quantitative estimate of drug-likeness (QED) is 0.469. The molecule has 0 N–H and O–H groups in total. The highest BCUT2D eigenvalue weighted by molar-refractivity contribution is 5.89. The smallest absolute Gasteiger partial charge is 0.255 e. The van der Waals surface area contributed by atoms with E-state index in [9.17, 15) is 9.59 Å². The molecule has 3 heterocycles. The SMILES string of the molecule is COCCO[C@H]1C(=O)N(C2CCN(C(=O)CC3CCCCC3)CC2)[C@H]1c1ccncc1. The number of methoxy groups -OCH3 is 1. The lowest BCUT2D eigenvalue weighted by molar-refractivity contribution is -0.184.